The van der Waals surface area contributed by atoms with Gasteiger partial charge < -0.3 is 20.1 Å². The fourth-order valence-corrected chi connectivity index (χ4v) is 2.80. The fraction of sp³-hybridized carbons (Fsp3) is 0.312. The Hall–Kier alpha value is -2.32. The number of amides is 1. The predicted molar refractivity (Wildman–Crippen MR) is 92.7 cm³/mol. The number of methoxy groups -OCH3 is 1. The number of aromatic amines is 1. The van der Waals surface area contributed by atoms with Gasteiger partial charge in [0.05, 0.1) is 12.9 Å². The van der Waals surface area contributed by atoms with Crippen LogP contribution in [0.25, 0.3) is 0 Å². The molecule has 128 valence electrons. The molecule has 1 aromatic carbocycles. The maximum absolute atomic E-state index is 12.0. The molecular formula is C16H19N3O4S. The number of aliphatic hydroxyl groups excluding tert-OH is 1. The van der Waals surface area contributed by atoms with Crippen LogP contribution in [0.2, 0.25) is 0 Å². The van der Waals surface area contributed by atoms with Gasteiger partial charge in [0, 0.05) is 36.0 Å². The van der Waals surface area contributed by atoms with Crippen molar-refractivity contribution in [3.8, 4) is 5.75 Å². The van der Waals surface area contributed by atoms with E-state index in [0.717, 1.165) is 11.8 Å². The first-order valence-corrected chi connectivity index (χ1v) is 8.29. The number of aryl methyl sites for hydroxylation is 1. The second-order valence-electron chi connectivity index (χ2n) is 4.98. The van der Waals surface area contributed by atoms with Gasteiger partial charge in [-0.15, -0.1) is 0 Å². The number of nitrogens with zero attached hydrogens (tertiary/aromatic N) is 1. The van der Waals surface area contributed by atoms with Gasteiger partial charge in [-0.05, 0) is 19.1 Å². The lowest BCUT2D eigenvalue weighted by Gasteiger charge is -2.08. The second-order valence-corrected chi connectivity index (χ2v) is 5.94. The Labute approximate surface area is 143 Å². The SMILES string of the molecule is COc1cccc(NC(=O)CSc2nc(C)c(CCO)c(=O)[nH]2)c1. The highest BCUT2D eigenvalue weighted by atomic mass is 32.2. The Balaban J connectivity index is 1.97. The van der Waals surface area contributed by atoms with E-state index >= 15 is 0 Å². The number of rotatable bonds is 7. The summed E-state index contributed by atoms with van der Waals surface area (Å²) in [6.07, 6.45) is 0.259. The maximum Gasteiger partial charge on any atom is 0.255 e. The third-order valence-electron chi connectivity index (χ3n) is 3.26. The number of anilines is 1. The lowest BCUT2D eigenvalue weighted by atomic mass is 10.2. The molecule has 0 fully saturated rings. The summed E-state index contributed by atoms with van der Waals surface area (Å²) in [5.41, 5.74) is 1.37. The van der Waals surface area contributed by atoms with Gasteiger partial charge in [-0.3, -0.25) is 9.59 Å². The number of thioether (sulfide) groups is 1. The number of nitrogens with one attached hydrogen (secondary N) is 2. The molecule has 24 heavy (non-hydrogen) atoms. The summed E-state index contributed by atoms with van der Waals surface area (Å²) in [7, 11) is 1.56. The molecule has 2 aromatic rings. The third-order valence-corrected chi connectivity index (χ3v) is 4.13. The summed E-state index contributed by atoms with van der Waals surface area (Å²) in [4.78, 5) is 30.8. The highest BCUT2D eigenvalue weighted by Crippen LogP contribution is 2.18. The molecule has 0 spiro atoms. The molecule has 0 bridgehead atoms. The normalized spacial score (nSPS) is 10.5. The topological polar surface area (TPSA) is 104 Å². The minimum absolute atomic E-state index is 0.110. The van der Waals surface area contributed by atoms with Gasteiger partial charge in [0.2, 0.25) is 5.91 Å². The summed E-state index contributed by atoms with van der Waals surface area (Å²) < 4.78 is 5.10. The maximum atomic E-state index is 12.0. The van der Waals surface area contributed by atoms with Crippen LogP contribution in [0.5, 0.6) is 5.75 Å². The molecule has 0 radical (unpaired) electrons. The van der Waals surface area contributed by atoms with Crippen LogP contribution in [0.15, 0.2) is 34.2 Å². The molecule has 1 aromatic heterocycles. The van der Waals surface area contributed by atoms with E-state index in [1.165, 1.54) is 0 Å². The van der Waals surface area contributed by atoms with Gasteiger partial charge in [-0.2, -0.15) is 0 Å². The molecule has 0 aliphatic rings. The number of hydrogen-bond acceptors (Lipinski definition) is 6. The van der Waals surface area contributed by atoms with Crippen LogP contribution < -0.4 is 15.6 Å². The van der Waals surface area contributed by atoms with Crippen LogP contribution in [0.3, 0.4) is 0 Å². The first kappa shape index (κ1) is 18.0. The number of carbonyl (C=O) groups excluding carboxylic acids is 1. The minimum atomic E-state index is -0.285. The summed E-state index contributed by atoms with van der Waals surface area (Å²) in [5.74, 6) is 0.549. The van der Waals surface area contributed by atoms with E-state index in [1.807, 2.05) is 0 Å². The average Bonchev–Trinajstić information content (AvgIpc) is 2.56. The highest BCUT2D eigenvalue weighted by Gasteiger charge is 2.10. The summed E-state index contributed by atoms with van der Waals surface area (Å²) in [6, 6.07) is 7.05. The minimum Gasteiger partial charge on any atom is -0.497 e. The Morgan fingerprint density at radius 2 is 2.25 bits per heavy atom. The Morgan fingerprint density at radius 3 is 2.92 bits per heavy atom. The summed E-state index contributed by atoms with van der Waals surface area (Å²) in [5, 5.41) is 12.1. The van der Waals surface area contributed by atoms with E-state index in [4.69, 9.17) is 9.84 Å². The van der Waals surface area contributed by atoms with Crippen molar-refractivity contribution in [2.45, 2.75) is 18.5 Å². The molecule has 2 rings (SSSR count). The Kier molecular flexibility index (Phi) is 6.39. The standard InChI is InChI=1S/C16H19N3O4S/c1-10-13(6-7-20)15(22)19-16(17-10)24-9-14(21)18-11-4-3-5-12(8-11)23-2/h3-5,8,20H,6-7,9H2,1-2H3,(H,18,21)(H,17,19,22). The van der Waals surface area contributed by atoms with Crippen LogP contribution in [0, 0.1) is 6.92 Å². The van der Waals surface area contributed by atoms with Crippen molar-refractivity contribution in [1.29, 1.82) is 0 Å². The molecular weight excluding hydrogens is 330 g/mol. The molecule has 0 aliphatic heterocycles. The van der Waals surface area contributed by atoms with E-state index in [2.05, 4.69) is 15.3 Å². The largest absolute Gasteiger partial charge is 0.497 e. The van der Waals surface area contributed by atoms with Crippen molar-refractivity contribution < 1.29 is 14.6 Å². The van der Waals surface area contributed by atoms with Crippen LogP contribution in [-0.2, 0) is 11.2 Å². The van der Waals surface area contributed by atoms with Gasteiger partial charge in [0.15, 0.2) is 5.16 Å². The van der Waals surface area contributed by atoms with Crippen molar-refractivity contribution >= 4 is 23.4 Å². The van der Waals surface area contributed by atoms with Crippen molar-refractivity contribution in [2.24, 2.45) is 0 Å². The summed E-state index contributed by atoms with van der Waals surface area (Å²) in [6.45, 7) is 1.60. The zero-order valence-corrected chi connectivity index (χ0v) is 14.3. The number of hydrogen-bond donors (Lipinski definition) is 3. The first-order chi connectivity index (χ1) is 11.5. The Bertz CT molecular complexity index is 776. The van der Waals surface area contributed by atoms with E-state index < -0.39 is 0 Å². The van der Waals surface area contributed by atoms with E-state index in [0.29, 0.717) is 27.9 Å². The number of aliphatic hydroxyl groups is 1. The van der Waals surface area contributed by atoms with Crippen LogP contribution in [0.1, 0.15) is 11.3 Å². The van der Waals surface area contributed by atoms with Crippen molar-refractivity contribution in [1.82, 2.24) is 9.97 Å². The van der Waals surface area contributed by atoms with Crippen LogP contribution in [0.4, 0.5) is 5.69 Å². The fourth-order valence-electron chi connectivity index (χ4n) is 2.09. The number of aromatic nitrogens is 2. The van der Waals surface area contributed by atoms with Crippen molar-refractivity contribution in [2.75, 3.05) is 24.8 Å². The average molecular weight is 349 g/mol. The number of ether oxygens (including phenoxy) is 1. The van der Waals surface area contributed by atoms with Crippen molar-refractivity contribution in [3.05, 3.63) is 45.9 Å². The molecule has 0 unspecified atom stereocenters. The van der Waals surface area contributed by atoms with Gasteiger partial charge >= 0.3 is 0 Å². The molecule has 3 N–H and O–H groups in total. The second kappa shape index (κ2) is 8.51. The highest BCUT2D eigenvalue weighted by molar-refractivity contribution is 7.99. The molecule has 8 heteroatoms. The van der Waals surface area contributed by atoms with Gasteiger partial charge in [0.1, 0.15) is 5.75 Å². The first-order valence-electron chi connectivity index (χ1n) is 7.31. The number of H-pyrrole nitrogens is 1. The molecule has 0 aliphatic carbocycles. The van der Waals surface area contributed by atoms with Gasteiger partial charge in [0.25, 0.3) is 5.56 Å². The molecule has 1 heterocycles. The smallest absolute Gasteiger partial charge is 0.255 e. The quantitative estimate of drug-likeness (QED) is 0.515. The summed E-state index contributed by atoms with van der Waals surface area (Å²) >= 11 is 1.14. The number of benzene rings is 1. The van der Waals surface area contributed by atoms with Crippen LogP contribution in [-0.4, -0.2) is 40.5 Å². The van der Waals surface area contributed by atoms with Gasteiger partial charge in [-0.25, -0.2) is 4.98 Å². The van der Waals surface area contributed by atoms with E-state index in [9.17, 15) is 9.59 Å². The van der Waals surface area contributed by atoms with E-state index in [-0.39, 0.29) is 30.2 Å². The molecule has 7 nitrogen and oxygen atoms in total. The zero-order chi connectivity index (χ0) is 17.5. The lowest BCUT2D eigenvalue weighted by Crippen LogP contribution is -2.19. The molecule has 0 saturated heterocycles. The van der Waals surface area contributed by atoms with Crippen molar-refractivity contribution in [3.63, 3.8) is 0 Å². The van der Waals surface area contributed by atoms with Crippen LogP contribution >= 0.6 is 11.8 Å². The monoisotopic (exact) mass is 349 g/mol. The predicted octanol–water partition coefficient (Wildman–Crippen LogP) is 1.35. The van der Waals surface area contributed by atoms with E-state index in [1.54, 1.807) is 38.3 Å². The molecule has 1 amide bonds. The Morgan fingerprint density at radius 1 is 1.46 bits per heavy atom. The number of carbonyl (C=O) groups is 1. The third kappa shape index (κ3) is 4.84. The van der Waals surface area contributed by atoms with Gasteiger partial charge in [-0.1, -0.05) is 17.8 Å². The lowest BCUT2D eigenvalue weighted by molar-refractivity contribution is -0.113. The molecule has 0 saturated carbocycles. The molecule has 0 atom stereocenters. The zero-order valence-electron chi connectivity index (χ0n) is 13.5.